The molecule has 2 aromatic carbocycles. The molecule has 0 saturated heterocycles. The maximum Gasteiger partial charge on any atom is 0.255 e. The zero-order valence-electron chi connectivity index (χ0n) is 9.88. The van der Waals surface area contributed by atoms with Gasteiger partial charge in [0.25, 0.3) is 5.91 Å². The van der Waals surface area contributed by atoms with Gasteiger partial charge in [-0.3, -0.25) is 4.79 Å². The Labute approximate surface area is 133 Å². The predicted molar refractivity (Wildman–Crippen MR) is 82.9 cm³/mol. The van der Waals surface area contributed by atoms with Gasteiger partial charge in [0.1, 0.15) is 5.82 Å². The highest BCUT2D eigenvalue weighted by molar-refractivity contribution is 9.10. The Morgan fingerprint density at radius 2 is 1.95 bits per heavy atom. The molecule has 0 atom stereocenters. The van der Waals surface area contributed by atoms with Crippen LogP contribution in [0.3, 0.4) is 0 Å². The predicted octanol–water partition coefficient (Wildman–Crippen LogP) is 4.73. The fraction of sp³-hybridized carbons (Fsp3) is 0. The number of carbonyl (C=O) groups excluding carboxylic acids is 1. The third kappa shape index (κ3) is 3.23. The van der Waals surface area contributed by atoms with Crippen molar-refractivity contribution in [1.29, 1.82) is 0 Å². The van der Waals surface area contributed by atoms with Gasteiger partial charge < -0.3 is 11.1 Å². The number of hydrogen-bond acceptors (Lipinski definition) is 2. The first kappa shape index (κ1) is 15.1. The average molecular weight is 378 g/mol. The van der Waals surface area contributed by atoms with Gasteiger partial charge >= 0.3 is 0 Å². The summed E-state index contributed by atoms with van der Waals surface area (Å²) in [5.74, 6) is -0.932. The first-order valence-corrected chi connectivity index (χ1v) is 6.94. The summed E-state index contributed by atoms with van der Waals surface area (Å²) < 4.78 is 13.7. The van der Waals surface area contributed by atoms with E-state index in [9.17, 15) is 9.18 Å². The summed E-state index contributed by atoms with van der Waals surface area (Å²) in [6.45, 7) is 0. The number of nitrogen functional groups attached to an aromatic ring is 1. The summed E-state index contributed by atoms with van der Waals surface area (Å²) in [5.41, 5.74) is 6.37. The molecule has 1 amide bonds. The Morgan fingerprint density at radius 3 is 2.60 bits per heavy atom. The number of halogens is 4. The minimum absolute atomic E-state index is 0.176. The first-order valence-electron chi connectivity index (χ1n) is 5.39. The van der Waals surface area contributed by atoms with E-state index in [2.05, 4.69) is 21.2 Å². The van der Waals surface area contributed by atoms with Gasteiger partial charge in [-0.05, 0) is 46.3 Å². The van der Waals surface area contributed by atoms with Crippen molar-refractivity contribution >= 4 is 56.4 Å². The van der Waals surface area contributed by atoms with Gasteiger partial charge in [-0.1, -0.05) is 23.2 Å². The largest absolute Gasteiger partial charge is 0.397 e. The third-order valence-corrected chi connectivity index (χ3v) is 4.00. The topological polar surface area (TPSA) is 55.1 Å². The maximum atomic E-state index is 13.2. The zero-order valence-corrected chi connectivity index (χ0v) is 13.0. The van der Waals surface area contributed by atoms with Gasteiger partial charge in [0.2, 0.25) is 0 Å². The molecule has 0 fully saturated rings. The first-order chi connectivity index (χ1) is 9.38. The second kappa shape index (κ2) is 5.99. The van der Waals surface area contributed by atoms with E-state index in [1.54, 1.807) is 0 Å². The molecule has 3 N–H and O–H groups in total. The molecule has 104 valence electrons. The van der Waals surface area contributed by atoms with Crippen LogP contribution >= 0.6 is 39.1 Å². The van der Waals surface area contributed by atoms with Gasteiger partial charge in [-0.2, -0.15) is 0 Å². The van der Waals surface area contributed by atoms with E-state index < -0.39 is 11.7 Å². The summed E-state index contributed by atoms with van der Waals surface area (Å²) in [7, 11) is 0. The number of carbonyl (C=O) groups is 1. The zero-order chi connectivity index (χ0) is 14.9. The van der Waals surface area contributed by atoms with Gasteiger partial charge in [0.05, 0.1) is 21.4 Å². The minimum Gasteiger partial charge on any atom is -0.397 e. The summed E-state index contributed by atoms with van der Waals surface area (Å²) in [5, 5.41) is 2.92. The maximum absolute atomic E-state index is 13.2. The molecule has 0 aliphatic carbocycles. The molecule has 7 heteroatoms. The van der Waals surface area contributed by atoms with Crippen LogP contribution in [0, 0.1) is 5.82 Å². The lowest BCUT2D eigenvalue weighted by molar-refractivity contribution is 0.102. The monoisotopic (exact) mass is 376 g/mol. The van der Waals surface area contributed by atoms with Crippen molar-refractivity contribution in [1.82, 2.24) is 0 Å². The Bertz CT molecular complexity index is 671. The highest BCUT2D eigenvalue weighted by Gasteiger charge is 2.13. The SMILES string of the molecule is Nc1cc(C(=O)Nc2cc(F)ccc2Br)cc(Cl)c1Cl. The van der Waals surface area contributed by atoms with Crippen molar-refractivity contribution in [2.24, 2.45) is 0 Å². The summed E-state index contributed by atoms with van der Waals surface area (Å²) >= 11 is 14.9. The molecule has 3 nitrogen and oxygen atoms in total. The molecule has 0 unspecified atom stereocenters. The number of benzene rings is 2. The Morgan fingerprint density at radius 1 is 1.25 bits per heavy atom. The van der Waals surface area contributed by atoms with Crippen molar-refractivity contribution in [2.45, 2.75) is 0 Å². The Hall–Kier alpha value is -1.30. The van der Waals surface area contributed by atoms with Crippen LogP contribution in [-0.4, -0.2) is 5.91 Å². The standard InChI is InChI=1S/C13H8BrCl2FN2O/c14-8-2-1-7(17)5-11(8)19-13(20)6-3-9(15)12(16)10(18)4-6/h1-5H,18H2,(H,19,20). The van der Waals surface area contributed by atoms with Crippen LogP contribution in [0.1, 0.15) is 10.4 Å². The van der Waals surface area contributed by atoms with Gasteiger partial charge in [-0.15, -0.1) is 0 Å². The normalized spacial score (nSPS) is 10.4. The van der Waals surface area contributed by atoms with Crippen molar-refractivity contribution in [3.05, 3.63) is 56.2 Å². The van der Waals surface area contributed by atoms with Crippen LogP contribution in [-0.2, 0) is 0 Å². The fourth-order valence-corrected chi connectivity index (χ4v) is 2.21. The molecular formula is C13H8BrCl2FN2O. The van der Waals surface area contributed by atoms with E-state index in [0.29, 0.717) is 10.2 Å². The van der Waals surface area contributed by atoms with Gasteiger partial charge in [-0.25, -0.2) is 4.39 Å². The minimum atomic E-state index is -0.471. The number of hydrogen-bond donors (Lipinski definition) is 2. The van der Waals surface area contributed by atoms with Crippen LogP contribution in [0.2, 0.25) is 10.0 Å². The molecule has 0 spiro atoms. The number of nitrogens with two attached hydrogens (primary N) is 1. The Kier molecular flexibility index (Phi) is 4.52. The van der Waals surface area contributed by atoms with E-state index >= 15 is 0 Å². The number of nitrogens with one attached hydrogen (secondary N) is 1. The van der Waals surface area contributed by atoms with Crippen LogP contribution in [0.5, 0.6) is 0 Å². The van der Waals surface area contributed by atoms with Crippen LogP contribution in [0.25, 0.3) is 0 Å². The Balaban J connectivity index is 2.31. The molecule has 2 rings (SSSR count). The lowest BCUT2D eigenvalue weighted by Crippen LogP contribution is -2.13. The van der Waals surface area contributed by atoms with Crippen LogP contribution < -0.4 is 11.1 Å². The van der Waals surface area contributed by atoms with Crippen molar-refractivity contribution in [2.75, 3.05) is 11.1 Å². The number of rotatable bonds is 2. The van der Waals surface area contributed by atoms with Crippen LogP contribution in [0.4, 0.5) is 15.8 Å². The molecule has 0 bridgehead atoms. The van der Waals surface area contributed by atoms with Crippen LogP contribution in [0.15, 0.2) is 34.8 Å². The molecule has 0 aromatic heterocycles. The highest BCUT2D eigenvalue weighted by Crippen LogP contribution is 2.30. The van der Waals surface area contributed by atoms with Crippen molar-refractivity contribution in [3.63, 3.8) is 0 Å². The van der Waals surface area contributed by atoms with E-state index in [0.717, 1.165) is 0 Å². The molecule has 20 heavy (non-hydrogen) atoms. The summed E-state index contributed by atoms with van der Waals surface area (Å²) in [6.07, 6.45) is 0. The summed E-state index contributed by atoms with van der Waals surface area (Å²) in [4.78, 5) is 12.1. The molecule has 0 aliphatic rings. The van der Waals surface area contributed by atoms with Crippen molar-refractivity contribution in [3.8, 4) is 0 Å². The van der Waals surface area contributed by atoms with Gasteiger partial charge in [0, 0.05) is 10.0 Å². The second-order valence-corrected chi connectivity index (χ2v) is 5.58. The number of amides is 1. The quantitative estimate of drug-likeness (QED) is 0.743. The molecule has 0 heterocycles. The fourth-order valence-electron chi connectivity index (χ4n) is 1.53. The second-order valence-electron chi connectivity index (χ2n) is 3.94. The van der Waals surface area contributed by atoms with E-state index in [1.807, 2.05) is 0 Å². The highest BCUT2D eigenvalue weighted by atomic mass is 79.9. The van der Waals surface area contributed by atoms with E-state index in [1.165, 1.54) is 30.3 Å². The van der Waals surface area contributed by atoms with E-state index in [-0.39, 0.29) is 21.3 Å². The lowest BCUT2D eigenvalue weighted by Gasteiger charge is -2.09. The molecule has 0 saturated carbocycles. The molecule has 2 aromatic rings. The smallest absolute Gasteiger partial charge is 0.255 e. The van der Waals surface area contributed by atoms with E-state index in [4.69, 9.17) is 28.9 Å². The van der Waals surface area contributed by atoms with Crippen molar-refractivity contribution < 1.29 is 9.18 Å². The molecule has 0 aliphatic heterocycles. The third-order valence-electron chi connectivity index (χ3n) is 2.50. The lowest BCUT2D eigenvalue weighted by atomic mass is 10.2. The van der Waals surface area contributed by atoms with Gasteiger partial charge in [0.15, 0.2) is 0 Å². The molecule has 0 radical (unpaired) electrons. The summed E-state index contributed by atoms with van der Waals surface area (Å²) in [6, 6.07) is 6.76. The average Bonchev–Trinajstić information content (AvgIpc) is 2.39. The molecular weight excluding hydrogens is 370 g/mol. The number of anilines is 2.